The SMILES string of the molecule is N[C@@H]1CCC[C@H]1CC(=O)Nc1ccccc1C(=O)NCc1ccc2c(c1)OCO2. The number of benzene rings is 2. The number of carbonyl (C=O) groups is 2. The predicted octanol–water partition coefficient (Wildman–Crippen LogP) is 2.80. The third-order valence-electron chi connectivity index (χ3n) is 5.50. The Balaban J connectivity index is 1.38. The summed E-state index contributed by atoms with van der Waals surface area (Å²) in [5.74, 6) is 1.23. The molecule has 0 bridgehead atoms. The van der Waals surface area contributed by atoms with Crippen LogP contribution in [0.1, 0.15) is 41.6 Å². The lowest BCUT2D eigenvalue weighted by Gasteiger charge is -2.16. The maximum Gasteiger partial charge on any atom is 0.253 e. The summed E-state index contributed by atoms with van der Waals surface area (Å²) in [5, 5.41) is 5.77. The van der Waals surface area contributed by atoms with E-state index in [2.05, 4.69) is 10.6 Å². The molecule has 0 spiro atoms. The van der Waals surface area contributed by atoms with E-state index in [1.807, 2.05) is 18.2 Å². The van der Waals surface area contributed by atoms with Crippen molar-refractivity contribution in [2.45, 2.75) is 38.3 Å². The second kappa shape index (κ2) is 8.53. The van der Waals surface area contributed by atoms with E-state index < -0.39 is 0 Å². The maximum atomic E-state index is 12.7. The minimum absolute atomic E-state index is 0.0843. The summed E-state index contributed by atoms with van der Waals surface area (Å²) in [6.07, 6.45) is 3.40. The Hall–Kier alpha value is -3.06. The van der Waals surface area contributed by atoms with Gasteiger partial charge >= 0.3 is 0 Å². The average Bonchev–Trinajstić information content (AvgIpc) is 3.35. The van der Waals surface area contributed by atoms with Gasteiger partial charge in [-0.2, -0.15) is 0 Å². The number of para-hydroxylation sites is 1. The second-order valence-electron chi connectivity index (χ2n) is 7.52. The van der Waals surface area contributed by atoms with Gasteiger partial charge in [0.25, 0.3) is 5.91 Å². The minimum atomic E-state index is -0.254. The molecule has 4 N–H and O–H groups in total. The van der Waals surface area contributed by atoms with Crippen LogP contribution >= 0.6 is 0 Å². The number of anilines is 1. The molecule has 2 aromatic carbocycles. The summed E-state index contributed by atoms with van der Waals surface area (Å²) in [5.41, 5.74) is 7.90. The van der Waals surface area contributed by atoms with E-state index in [4.69, 9.17) is 15.2 Å². The van der Waals surface area contributed by atoms with Crippen LogP contribution in [0.2, 0.25) is 0 Å². The van der Waals surface area contributed by atoms with Crippen LogP contribution < -0.4 is 25.8 Å². The average molecular weight is 395 g/mol. The Morgan fingerprint density at radius 3 is 2.72 bits per heavy atom. The molecule has 0 saturated heterocycles. The number of hydrogen-bond acceptors (Lipinski definition) is 5. The standard InChI is InChI=1S/C22H25N3O4/c23-17-6-3-4-15(17)11-21(26)25-18-7-2-1-5-16(18)22(27)24-12-14-8-9-19-20(10-14)29-13-28-19/h1-2,5,7-10,15,17H,3-4,6,11-13,23H2,(H,24,27)(H,25,26)/t15-,17+/m0/s1. The fourth-order valence-corrected chi connectivity index (χ4v) is 3.88. The quantitative estimate of drug-likeness (QED) is 0.698. The van der Waals surface area contributed by atoms with Crippen LogP contribution in [0, 0.1) is 5.92 Å². The summed E-state index contributed by atoms with van der Waals surface area (Å²) < 4.78 is 10.7. The monoisotopic (exact) mass is 395 g/mol. The summed E-state index contributed by atoms with van der Waals surface area (Å²) in [6.45, 7) is 0.554. The van der Waals surface area contributed by atoms with Crippen LogP contribution in [-0.2, 0) is 11.3 Å². The highest BCUT2D eigenvalue weighted by Crippen LogP contribution is 2.32. The molecule has 2 aromatic rings. The van der Waals surface area contributed by atoms with E-state index in [0.717, 1.165) is 24.8 Å². The van der Waals surface area contributed by atoms with Crippen molar-refractivity contribution in [1.29, 1.82) is 0 Å². The molecule has 0 aromatic heterocycles. The molecule has 1 saturated carbocycles. The molecule has 1 heterocycles. The van der Waals surface area contributed by atoms with Crippen LogP contribution in [0.5, 0.6) is 11.5 Å². The highest BCUT2D eigenvalue weighted by Gasteiger charge is 2.26. The van der Waals surface area contributed by atoms with E-state index in [0.29, 0.717) is 35.7 Å². The van der Waals surface area contributed by atoms with Crippen LogP contribution in [0.15, 0.2) is 42.5 Å². The van der Waals surface area contributed by atoms with E-state index >= 15 is 0 Å². The molecule has 2 amide bonds. The molecular formula is C22H25N3O4. The highest BCUT2D eigenvalue weighted by atomic mass is 16.7. The molecule has 2 atom stereocenters. The summed E-state index contributed by atoms with van der Waals surface area (Å²) in [4.78, 5) is 25.2. The van der Waals surface area contributed by atoms with Gasteiger partial charge in [-0.25, -0.2) is 0 Å². The normalized spacial score (nSPS) is 19.8. The number of fused-ring (bicyclic) bond motifs is 1. The highest BCUT2D eigenvalue weighted by molar-refractivity contribution is 6.03. The summed E-state index contributed by atoms with van der Waals surface area (Å²) >= 11 is 0. The molecule has 0 radical (unpaired) electrons. The first-order chi connectivity index (χ1) is 14.1. The van der Waals surface area contributed by atoms with Crippen molar-refractivity contribution in [3.05, 3.63) is 53.6 Å². The summed E-state index contributed by atoms with van der Waals surface area (Å²) in [7, 11) is 0. The van der Waals surface area contributed by atoms with Crippen molar-refractivity contribution in [3.63, 3.8) is 0 Å². The van der Waals surface area contributed by atoms with Gasteiger partial charge in [-0.15, -0.1) is 0 Å². The molecule has 152 valence electrons. The van der Waals surface area contributed by atoms with Gasteiger partial charge in [0, 0.05) is 19.0 Å². The van der Waals surface area contributed by atoms with E-state index in [1.54, 1.807) is 24.3 Å². The molecule has 1 aliphatic heterocycles. The number of carbonyl (C=O) groups excluding carboxylic acids is 2. The number of rotatable bonds is 6. The lowest BCUT2D eigenvalue weighted by Crippen LogP contribution is -2.29. The topological polar surface area (TPSA) is 103 Å². The Morgan fingerprint density at radius 1 is 1.07 bits per heavy atom. The number of nitrogens with one attached hydrogen (secondary N) is 2. The fraction of sp³-hybridized carbons (Fsp3) is 0.364. The van der Waals surface area contributed by atoms with E-state index in [-0.39, 0.29) is 30.6 Å². The first-order valence-electron chi connectivity index (χ1n) is 9.91. The Bertz CT molecular complexity index is 915. The smallest absolute Gasteiger partial charge is 0.253 e. The van der Waals surface area contributed by atoms with Crippen molar-refractivity contribution in [2.24, 2.45) is 11.7 Å². The van der Waals surface area contributed by atoms with Gasteiger partial charge in [0.2, 0.25) is 12.7 Å². The van der Waals surface area contributed by atoms with E-state index in [1.165, 1.54) is 0 Å². The van der Waals surface area contributed by atoms with Crippen molar-refractivity contribution in [2.75, 3.05) is 12.1 Å². The zero-order valence-corrected chi connectivity index (χ0v) is 16.1. The maximum absolute atomic E-state index is 12.7. The molecule has 1 aliphatic carbocycles. The third kappa shape index (κ3) is 4.51. The molecule has 2 aliphatic rings. The van der Waals surface area contributed by atoms with Crippen LogP contribution in [0.3, 0.4) is 0 Å². The zero-order chi connectivity index (χ0) is 20.2. The molecule has 4 rings (SSSR count). The van der Waals surface area contributed by atoms with Gasteiger partial charge in [0.05, 0.1) is 11.3 Å². The Kier molecular flexibility index (Phi) is 5.67. The van der Waals surface area contributed by atoms with Gasteiger partial charge in [-0.1, -0.05) is 24.6 Å². The first kappa shape index (κ1) is 19.3. The largest absolute Gasteiger partial charge is 0.454 e. The lowest BCUT2D eigenvalue weighted by molar-refractivity contribution is -0.117. The third-order valence-corrected chi connectivity index (χ3v) is 5.50. The van der Waals surface area contributed by atoms with Crippen molar-refractivity contribution in [1.82, 2.24) is 5.32 Å². The predicted molar refractivity (Wildman–Crippen MR) is 109 cm³/mol. The van der Waals surface area contributed by atoms with Gasteiger partial charge in [0.15, 0.2) is 11.5 Å². The molecule has 0 unspecified atom stereocenters. The van der Waals surface area contributed by atoms with E-state index in [9.17, 15) is 9.59 Å². The molecule has 1 fully saturated rings. The van der Waals surface area contributed by atoms with Crippen LogP contribution in [-0.4, -0.2) is 24.6 Å². The molecular weight excluding hydrogens is 370 g/mol. The van der Waals surface area contributed by atoms with Crippen molar-refractivity contribution in [3.8, 4) is 11.5 Å². The van der Waals surface area contributed by atoms with Crippen molar-refractivity contribution >= 4 is 17.5 Å². The molecule has 29 heavy (non-hydrogen) atoms. The van der Waals surface area contributed by atoms with Gasteiger partial charge < -0.3 is 25.8 Å². The molecule has 7 nitrogen and oxygen atoms in total. The van der Waals surface area contributed by atoms with Crippen LogP contribution in [0.4, 0.5) is 5.69 Å². The second-order valence-corrected chi connectivity index (χ2v) is 7.52. The van der Waals surface area contributed by atoms with Crippen molar-refractivity contribution < 1.29 is 19.1 Å². The Labute approximate surface area is 169 Å². The van der Waals surface area contributed by atoms with Gasteiger partial charge in [0.1, 0.15) is 0 Å². The molecule has 7 heteroatoms. The number of ether oxygens (including phenoxy) is 2. The fourth-order valence-electron chi connectivity index (χ4n) is 3.88. The number of nitrogens with two attached hydrogens (primary N) is 1. The zero-order valence-electron chi connectivity index (χ0n) is 16.1. The van der Waals surface area contributed by atoms with Crippen LogP contribution in [0.25, 0.3) is 0 Å². The first-order valence-corrected chi connectivity index (χ1v) is 9.91. The van der Waals surface area contributed by atoms with Gasteiger partial charge in [-0.3, -0.25) is 9.59 Å². The lowest BCUT2D eigenvalue weighted by atomic mass is 9.99. The summed E-state index contributed by atoms with van der Waals surface area (Å²) in [6, 6.07) is 12.7. The van der Waals surface area contributed by atoms with Gasteiger partial charge in [-0.05, 0) is 48.6 Å². The Morgan fingerprint density at radius 2 is 1.90 bits per heavy atom. The number of amides is 2. The number of hydrogen-bond donors (Lipinski definition) is 3. The minimum Gasteiger partial charge on any atom is -0.454 e.